The first-order chi connectivity index (χ1) is 13.8. The van der Waals surface area contributed by atoms with E-state index in [-0.39, 0.29) is 0 Å². The van der Waals surface area contributed by atoms with Gasteiger partial charge in [0.25, 0.3) is 0 Å². The van der Waals surface area contributed by atoms with Gasteiger partial charge in [0.2, 0.25) is 11.7 Å². The van der Waals surface area contributed by atoms with Crippen molar-refractivity contribution >= 4 is 0 Å². The average Bonchev–Trinajstić information content (AvgIpc) is 3.23. The maximum Gasteiger partial charge on any atom is 0.241 e. The van der Waals surface area contributed by atoms with Gasteiger partial charge in [0.15, 0.2) is 0 Å². The number of hydrogen-bond acceptors (Lipinski definition) is 5. The van der Waals surface area contributed by atoms with E-state index in [1.54, 1.807) is 0 Å². The lowest BCUT2D eigenvalue weighted by molar-refractivity contribution is 0.0779. The first-order valence-electron chi connectivity index (χ1n) is 10.3. The van der Waals surface area contributed by atoms with Crippen molar-refractivity contribution in [3.63, 3.8) is 0 Å². The van der Waals surface area contributed by atoms with Gasteiger partial charge in [0, 0.05) is 31.2 Å². The van der Waals surface area contributed by atoms with Gasteiger partial charge < -0.3 is 4.52 Å². The summed E-state index contributed by atoms with van der Waals surface area (Å²) in [5.41, 5.74) is 4.02. The minimum absolute atomic E-state index is 0.610. The summed E-state index contributed by atoms with van der Waals surface area (Å²) in [5.74, 6) is 1.39. The lowest BCUT2D eigenvalue weighted by Crippen LogP contribution is -2.49. The molecule has 5 heteroatoms. The number of rotatable bonds is 4. The van der Waals surface area contributed by atoms with E-state index in [2.05, 4.69) is 44.2 Å². The van der Waals surface area contributed by atoms with E-state index in [1.807, 2.05) is 30.3 Å². The van der Waals surface area contributed by atoms with Crippen LogP contribution in [0.4, 0.5) is 0 Å². The third-order valence-corrected chi connectivity index (χ3v) is 6.02. The molecule has 5 nitrogen and oxygen atoms in total. The molecule has 0 spiro atoms. The van der Waals surface area contributed by atoms with Crippen molar-refractivity contribution in [1.29, 1.82) is 0 Å². The van der Waals surface area contributed by atoms with Crippen molar-refractivity contribution in [2.24, 2.45) is 0 Å². The van der Waals surface area contributed by atoms with Crippen LogP contribution in [0.2, 0.25) is 0 Å². The molecule has 28 heavy (non-hydrogen) atoms. The smallest absolute Gasteiger partial charge is 0.241 e. The Balaban J connectivity index is 1.23. The van der Waals surface area contributed by atoms with Crippen LogP contribution >= 0.6 is 0 Å². The van der Waals surface area contributed by atoms with Crippen molar-refractivity contribution in [2.75, 3.05) is 19.6 Å². The van der Waals surface area contributed by atoms with Gasteiger partial charge in [-0.2, -0.15) is 4.98 Å². The standard InChI is InChI=1S/C23H26N4O/c1-2-8-19(9-3-1)23-24-22(28-25-23)17-26-13-6-11-21(16-26)27-14-12-18-7-4-5-10-20(18)15-27/h1-5,7-10,21H,6,11-17H2. The summed E-state index contributed by atoms with van der Waals surface area (Å²) in [6.07, 6.45) is 3.66. The number of hydrogen-bond donors (Lipinski definition) is 0. The summed E-state index contributed by atoms with van der Waals surface area (Å²) >= 11 is 0. The average molecular weight is 374 g/mol. The summed E-state index contributed by atoms with van der Waals surface area (Å²) in [7, 11) is 0. The van der Waals surface area contributed by atoms with Crippen LogP contribution in [0.3, 0.4) is 0 Å². The minimum Gasteiger partial charge on any atom is -0.338 e. The molecule has 1 atom stereocenters. The summed E-state index contributed by atoms with van der Waals surface area (Å²) in [6, 6.07) is 19.5. The molecule has 0 saturated carbocycles. The molecule has 2 aliphatic rings. The molecule has 5 rings (SSSR count). The number of benzene rings is 2. The summed E-state index contributed by atoms with van der Waals surface area (Å²) in [6.45, 7) is 5.15. The predicted octanol–water partition coefficient (Wildman–Crippen LogP) is 3.76. The predicted molar refractivity (Wildman–Crippen MR) is 109 cm³/mol. The number of fused-ring (bicyclic) bond motifs is 1. The van der Waals surface area contributed by atoms with Crippen LogP contribution in [0.1, 0.15) is 29.9 Å². The van der Waals surface area contributed by atoms with E-state index in [0.29, 0.717) is 17.8 Å². The largest absolute Gasteiger partial charge is 0.338 e. The van der Waals surface area contributed by atoms with Crippen LogP contribution in [0, 0.1) is 0 Å². The molecule has 3 heterocycles. The Kier molecular flexibility index (Phi) is 4.93. The number of likely N-dealkylation sites (tertiary alicyclic amines) is 1. The molecule has 0 N–H and O–H groups in total. The first-order valence-corrected chi connectivity index (χ1v) is 10.3. The van der Waals surface area contributed by atoms with E-state index < -0.39 is 0 Å². The maximum absolute atomic E-state index is 5.53. The Bertz CT molecular complexity index is 923. The summed E-state index contributed by atoms with van der Waals surface area (Å²) in [4.78, 5) is 9.74. The topological polar surface area (TPSA) is 45.4 Å². The normalized spacial score (nSPS) is 20.8. The SMILES string of the molecule is c1ccc(-c2noc(CN3CCCC(N4CCc5ccccc5C4)C3)n2)cc1. The highest BCUT2D eigenvalue weighted by Crippen LogP contribution is 2.25. The fraction of sp³-hybridized carbons (Fsp3) is 0.391. The van der Waals surface area contributed by atoms with Crippen LogP contribution in [0.25, 0.3) is 11.4 Å². The molecular weight excluding hydrogens is 348 g/mol. The molecule has 2 aliphatic heterocycles. The third kappa shape index (κ3) is 3.73. The molecule has 144 valence electrons. The van der Waals surface area contributed by atoms with E-state index in [0.717, 1.165) is 44.7 Å². The molecule has 0 aliphatic carbocycles. The number of aromatic nitrogens is 2. The Hall–Kier alpha value is -2.50. The zero-order valence-corrected chi connectivity index (χ0v) is 16.1. The van der Waals surface area contributed by atoms with Crippen molar-refractivity contribution in [1.82, 2.24) is 19.9 Å². The Labute approximate surface area is 166 Å². The van der Waals surface area contributed by atoms with Crippen LogP contribution in [0.5, 0.6) is 0 Å². The highest BCUT2D eigenvalue weighted by Gasteiger charge is 2.28. The van der Waals surface area contributed by atoms with Gasteiger partial charge in [-0.05, 0) is 36.9 Å². The molecule has 1 aromatic heterocycles. The molecule has 1 fully saturated rings. The molecule has 1 unspecified atom stereocenters. The molecule has 1 saturated heterocycles. The second-order valence-corrected chi connectivity index (χ2v) is 7.90. The van der Waals surface area contributed by atoms with Crippen molar-refractivity contribution in [2.45, 2.75) is 38.4 Å². The molecule has 3 aromatic rings. The van der Waals surface area contributed by atoms with Gasteiger partial charge in [0.05, 0.1) is 6.54 Å². The third-order valence-electron chi connectivity index (χ3n) is 6.02. The zero-order chi connectivity index (χ0) is 18.8. The Morgan fingerprint density at radius 1 is 0.964 bits per heavy atom. The van der Waals surface area contributed by atoms with E-state index in [9.17, 15) is 0 Å². The number of nitrogens with zero attached hydrogens (tertiary/aromatic N) is 4. The van der Waals surface area contributed by atoms with Gasteiger partial charge in [-0.15, -0.1) is 0 Å². The summed E-state index contributed by atoms with van der Waals surface area (Å²) < 4.78 is 5.53. The fourth-order valence-corrected chi connectivity index (χ4v) is 4.52. The Morgan fingerprint density at radius 3 is 2.68 bits per heavy atom. The van der Waals surface area contributed by atoms with Crippen molar-refractivity contribution in [3.05, 3.63) is 71.6 Å². The Morgan fingerprint density at radius 2 is 1.79 bits per heavy atom. The van der Waals surface area contributed by atoms with Crippen molar-refractivity contribution < 1.29 is 4.52 Å². The van der Waals surface area contributed by atoms with Crippen molar-refractivity contribution in [3.8, 4) is 11.4 Å². The first kappa shape index (κ1) is 17.6. The molecule has 0 radical (unpaired) electrons. The zero-order valence-electron chi connectivity index (χ0n) is 16.1. The van der Waals surface area contributed by atoms with Crippen LogP contribution < -0.4 is 0 Å². The van der Waals surface area contributed by atoms with Crippen LogP contribution in [0.15, 0.2) is 59.1 Å². The fourth-order valence-electron chi connectivity index (χ4n) is 4.52. The van der Waals surface area contributed by atoms with Gasteiger partial charge in [-0.25, -0.2) is 0 Å². The molecule has 0 amide bonds. The van der Waals surface area contributed by atoms with Gasteiger partial charge in [-0.1, -0.05) is 59.8 Å². The monoisotopic (exact) mass is 374 g/mol. The van der Waals surface area contributed by atoms with Crippen LogP contribution in [-0.2, 0) is 19.5 Å². The van der Waals surface area contributed by atoms with Crippen LogP contribution in [-0.4, -0.2) is 45.6 Å². The minimum atomic E-state index is 0.610. The van der Waals surface area contributed by atoms with Gasteiger partial charge in [-0.3, -0.25) is 9.80 Å². The molecular formula is C23H26N4O. The summed E-state index contributed by atoms with van der Waals surface area (Å²) in [5, 5.41) is 4.16. The second-order valence-electron chi connectivity index (χ2n) is 7.90. The van der Waals surface area contributed by atoms with E-state index in [4.69, 9.17) is 4.52 Å². The lowest BCUT2D eigenvalue weighted by Gasteiger charge is -2.41. The number of piperidine rings is 1. The quantitative estimate of drug-likeness (QED) is 0.696. The maximum atomic E-state index is 5.53. The van der Waals surface area contributed by atoms with Gasteiger partial charge in [0.1, 0.15) is 0 Å². The molecule has 0 bridgehead atoms. The highest BCUT2D eigenvalue weighted by molar-refractivity contribution is 5.53. The van der Waals surface area contributed by atoms with E-state index in [1.165, 1.54) is 24.0 Å². The second kappa shape index (κ2) is 7.86. The molecule has 2 aromatic carbocycles. The highest BCUT2D eigenvalue weighted by atomic mass is 16.5. The van der Waals surface area contributed by atoms with E-state index >= 15 is 0 Å². The lowest BCUT2D eigenvalue weighted by atomic mass is 9.96. The van der Waals surface area contributed by atoms with Gasteiger partial charge >= 0.3 is 0 Å².